The summed E-state index contributed by atoms with van der Waals surface area (Å²) in [5, 5.41) is 14.1. The van der Waals surface area contributed by atoms with Crippen LogP contribution in [0.25, 0.3) is 45.6 Å². The molecule has 5 rings (SSSR count). The van der Waals surface area contributed by atoms with Crippen LogP contribution >= 0.6 is 0 Å². The van der Waals surface area contributed by atoms with Gasteiger partial charge in [-0.05, 0) is 66.0 Å². The fourth-order valence-corrected chi connectivity index (χ4v) is 5.08. The number of allylic oxidation sites excluding steroid dienone is 4. The summed E-state index contributed by atoms with van der Waals surface area (Å²) in [6.07, 6.45) is 10.1. The Labute approximate surface area is 246 Å². The molecule has 210 valence electrons. The van der Waals surface area contributed by atoms with Crippen molar-refractivity contribution in [3.8, 4) is 22.5 Å². The van der Waals surface area contributed by atoms with Crippen LogP contribution in [0.15, 0.2) is 127 Å². The number of fused-ring (bicyclic) bond motifs is 1. The average molecular weight is 555 g/mol. The van der Waals surface area contributed by atoms with E-state index in [0.717, 1.165) is 61.7 Å². The Kier molecular flexibility index (Phi) is 8.90. The van der Waals surface area contributed by atoms with Crippen LogP contribution in [0.5, 0.6) is 0 Å². The molecule has 0 aliphatic rings. The summed E-state index contributed by atoms with van der Waals surface area (Å²) in [7, 11) is 0. The van der Waals surface area contributed by atoms with E-state index in [1.54, 1.807) is 12.1 Å². The van der Waals surface area contributed by atoms with Gasteiger partial charge in [-0.15, -0.1) is 0 Å². The molecule has 2 aromatic heterocycles. The van der Waals surface area contributed by atoms with Crippen molar-refractivity contribution >= 4 is 23.1 Å². The Hall–Kier alpha value is -5.00. The number of halogens is 1. The first-order valence-corrected chi connectivity index (χ1v) is 14.0. The lowest BCUT2D eigenvalue weighted by Gasteiger charge is -2.08. The molecule has 0 amide bonds. The van der Waals surface area contributed by atoms with Gasteiger partial charge >= 0.3 is 0 Å². The Bertz CT molecular complexity index is 1920. The molecule has 5 heteroatoms. The van der Waals surface area contributed by atoms with Crippen molar-refractivity contribution in [1.29, 1.82) is 0 Å². The van der Waals surface area contributed by atoms with Gasteiger partial charge in [-0.3, -0.25) is 5.10 Å². The quantitative estimate of drug-likeness (QED) is 0.158. The lowest BCUT2D eigenvalue weighted by atomic mass is 10.0. The molecule has 0 unspecified atom stereocenters. The Morgan fingerprint density at radius 1 is 0.976 bits per heavy atom. The van der Waals surface area contributed by atoms with E-state index in [9.17, 15) is 4.39 Å². The number of hydrogen-bond donors (Lipinski definition) is 3. The minimum absolute atomic E-state index is 0.248. The van der Waals surface area contributed by atoms with E-state index >= 15 is 0 Å². The second-order valence-electron chi connectivity index (χ2n) is 10.0. The van der Waals surface area contributed by atoms with Crippen LogP contribution in [-0.4, -0.2) is 21.7 Å². The molecule has 0 aliphatic carbocycles. The van der Waals surface area contributed by atoms with E-state index in [1.807, 2.05) is 74.5 Å². The highest BCUT2D eigenvalue weighted by atomic mass is 19.1. The molecule has 5 aromatic rings. The molecular weight excluding hydrogens is 519 g/mol. The molecule has 0 fully saturated rings. The first-order valence-electron chi connectivity index (χ1n) is 14.0. The van der Waals surface area contributed by atoms with Crippen LogP contribution in [0.3, 0.4) is 0 Å². The first kappa shape index (κ1) is 28.5. The second-order valence-corrected chi connectivity index (χ2v) is 10.0. The van der Waals surface area contributed by atoms with Crippen LogP contribution in [0, 0.1) is 5.82 Å². The molecule has 0 bridgehead atoms. The summed E-state index contributed by atoms with van der Waals surface area (Å²) < 4.78 is 14.7. The van der Waals surface area contributed by atoms with Crippen molar-refractivity contribution in [3.05, 3.63) is 149 Å². The van der Waals surface area contributed by atoms with Gasteiger partial charge in [0, 0.05) is 34.8 Å². The zero-order valence-electron chi connectivity index (χ0n) is 24.0. The molecule has 2 heterocycles. The first-order chi connectivity index (χ1) is 20.5. The van der Waals surface area contributed by atoms with Crippen LogP contribution in [0.1, 0.15) is 19.4 Å². The van der Waals surface area contributed by atoms with E-state index in [-0.39, 0.29) is 5.82 Å². The fraction of sp³-hybridized carbons (Fsp3) is 0.108. The van der Waals surface area contributed by atoms with Gasteiger partial charge < -0.3 is 10.3 Å². The number of hydrogen-bond acceptors (Lipinski definition) is 2. The Morgan fingerprint density at radius 2 is 1.74 bits per heavy atom. The van der Waals surface area contributed by atoms with Gasteiger partial charge in [-0.25, -0.2) is 4.39 Å². The summed E-state index contributed by atoms with van der Waals surface area (Å²) >= 11 is 0. The molecule has 3 aromatic carbocycles. The third kappa shape index (κ3) is 6.17. The molecule has 4 nitrogen and oxygen atoms in total. The number of rotatable bonds is 10. The van der Waals surface area contributed by atoms with E-state index < -0.39 is 0 Å². The maximum absolute atomic E-state index is 14.7. The van der Waals surface area contributed by atoms with Crippen LogP contribution in [-0.2, 0) is 6.54 Å². The molecule has 42 heavy (non-hydrogen) atoms. The van der Waals surface area contributed by atoms with Gasteiger partial charge in [0.05, 0.1) is 11.0 Å². The zero-order valence-corrected chi connectivity index (χ0v) is 24.0. The fourth-order valence-electron chi connectivity index (χ4n) is 5.08. The van der Waals surface area contributed by atoms with Crippen molar-refractivity contribution in [3.63, 3.8) is 0 Å². The summed E-state index contributed by atoms with van der Waals surface area (Å²) in [6.45, 7) is 13.9. The lowest BCUT2D eigenvalue weighted by Crippen LogP contribution is -2.23. The van der Waals surface area contributed by atoms with E-state index in [4.69, 9.17) is 0 Å². The Balaban J connectivity index is 1.47. The molecule has 0 spiro atoms. The predicted molar refractivity (Wildman–Crippen MR) is 174 cm³/mol. The normalized spacial score (nSPS) is 13.2. The number of aromatic nitrogens is 3. The maximum atomic E-state index is 14.7. The topological polar surface area (TPSA) is 56.5 Å². The zero-order chi connectivity index (χ0) is 29.5. The van der Waals surface area contributed by atoms with Crippen molar-refractivity contribution in [2.24, 2.45) is 0 Å². The third-order valence-electron chi connectivity index (χ3n) is 7.31. The van der Waals surface area contributed by atoms with Crippen molar-refractivity contribution in [1.82, 2.24) is 20.5 Å². The van der Waals surface area contributed by atoms with E-state index in [2.05, 4.69) is 64.0 Å². The number of benzene rings is 3. The molecule has 0 saturated heterocycles. The molecule has 0 radical (unpaired) electrons. The monoisotopic (exact) mass is 554 g/mol. The van der Waals surface area contributed by atoms with Gasteiger partial charge in [0.25, 0.3) is 0 Å². The maximum Gasteiger partial charge on any atom is 0.131 e. The summed E-state index contributed by atoms with van der Waals surface area (Å²) in [5.41, 5.74) is 8.08. The highest BCUT2D eigenvalue weighted by Crippen LogP contribution is 2.32. The predicted octanol–water partition coefficient (Wildman–Crippen LogP) is 7.35. The highest BCUT2D eigenvalue weighted by Gasteiger charge is 2.14. The van der Waals surface area contributed by atoms with E-state index in [0.29, 0.717) is 12.1 Å². The number of nitrogens with zero attached hydrogens (tertiary/aromatic N) is 1. The molecular formula is C37H35FN4. The van der Waals surface area contributed by atoms with Gasteiger partial charge in [-0.1, -0.05) is 98.1 Å². The SMILES string of the molecule is C=C/C(=C\C(=C/C)C(=C)/C=c1/c(-c2cc3c(-c4ccccc4F)cccc3[nH]2)n[nH]/c1=C/C)CNCc1ccccc1. The minimum Gasteiger partial charge on any atom is -0.353 e. The van der Waals surface area contributed by atoms with E-state index in [1.165, 1.54) is 11.6 Å². The molecule has 0 saturated carbocycles. The summed E-state index contributed by atoms with van der Waals surface area (Å²) in [6, 6.07) is 25.1. The smallest absolute Gasteiger partial charge is 0.131 e. The molecule has 0 atom stereocenters. The number of aromatic amines is 2. The summed E-state index contributed by atoms with van der Waals surface area (Å²) in [5.74, 6) is -0.248. The third-order valence-corrected chi connectivity index (χ3v) is 7.31. The van der Waals surface area contributed by atoms with Gasteiger partial charge in [-0.2, -0.15) is 5.10 Å². The van der Waals surface area contributed by atoms with Crippen molar-refractivity contribution < 1.29 is 4.39 Å². The number of H-pyrrole nitrogens is 2. The van der Waals surface area contributed by atoms with Crippen molar-refractivity contribution in [2.45, 2.75) is 20.4 Å². The Morgan fingerprint density at radius 3 is 2.48 bits per heavy atom. The van der Waals surface area contributed by atoms with Crippen LogP contribution < -0.4 is 15.9 Å². The van der Waals surface area contributed by atoms with Gasteiger partial charge in [0.15, 0.2) is 0 Å². The second kappa shape index (κ2) is 13.1. The molecule has 0 aliphatic heterocycles. The van der Waals surface area contributed by atoms with Crippen LogP contribution in [0.4, 0.5) is 4.39 Å². The standard InChI is InChI=1S/C37H35FN4/c1-5-26(23-39-24-27-14-9-8-10-15-27)21-28(6-2)25(4)20-32-34(7-3)41-42-37(32)36-22-31-29(17-13-19-35(31)40-36)30-16-11-12-18-33(30)38/h5-22,39-41H,1,4,23-24H2,2-3H3/b26-21+,28-6+,32-20+,34-7+. The number of nitrogens with one attached hydrogen (secondary N) is 3. The van der Waals surface area contributed by atoms with Crippen molar-refractivity contribution in [2.75, 3.05) is 6.54 Å². The average Bonchev–Trinajstić information content (AvgIpc) is 3.63. The van der Waals surface area contributed by atoms with Gasteiger partial charge in [0.1, 0.15) is 11.5 Å². The largest absolute Gasteiger partial charge is 0.353 e. The summed E-state index contributed by atoms with van der Waals surface area (Å²) in [4.78, 5) is 3.50. The highest BCUT2D eigenvalue weighted by molar-refractivity contribution is 5.98. The van der Waals surface area contributed by atoms with Crippen LogP contribution in [0.2, 0.25) is 0 Å². The van der Waals surface area contributed by atoms with Gasteiger partial charge in [0.2, 0.25) is 0 Å². The lowest BCUT2D eigenvalue weighted by molar-refractivity contribution is 0.631. The minimum atomic E-state index is -0.248. The molecule has 3 N–H and O–H groups in total.